The largest absolute Gasteiger partial charge is 0.497 e. The third-order valence-corrected chi connectivity index (χ3v) is 6.51. The number of fused-ring (bicyclic) bond motifs is 5. The van der Waals surface area contributed by atoms with Crippen LogP contribution in [0, 0.1) is 11.8 Å². The van der Waals surface area contributed by atoms with Gasteiger partial charge in [0.25, 0.3) is 0 Å². The van der Waals surface area contributed by atoms with Crippen molar-refractivity contribution in [1.29, 1.82) is 0 Å². The average Bonchev–Trinajstić information content (AvgIpc) is 3.26. The van der Waals surface area contributed by atoms with Crippen LogP contribution in [0.2, 0.25) is 0 Å². The van der Waals surface area contributed by atoms with E-state index in [0.29, 0.717) is 17.2 Å². The molecule has 0 spiro atoms. The summed E-state index contributed by atoms with van der Waals surface area (Å²) in [5.41, 5.74) is 2.31. The van der Waals surface area contributed by atoms with Gasteiger partial charge in [0.15, 0.2) is 5.78 Å². The van der Waals surface area contributed by atoms with Crippen molar-refractivity contribution in [3.63, 3.8) is 0 Å². The molecule has 0 radical (unpaired) electrons. The highest BCUT2D eigenvalue weighted by atomic mass is 16.5. The Morgan fingerprint density at radius 3 is 2.42 bits per heavy atom. The number of Topliss-reactive ketones (excluding diaryl/α,β-unsaturated/α-hetero) is 1. The summed E-state index contributed by atoms with van der Waals surface area (Å²) in [6.07, 6.45) is 3.78. The van der Waals surface area contributed by atoms with Crippen LogP contribution in [0.3, 0.4) is 0 Å². The van der Waals surface area contributed by atoms with Gasteiger partial charge >= 0.3 is 0 Å². The number of ether oxygens (including phenoxy) is 2. The smallest absolute Gasteiger partial charge is 0.240 e. The third-order valence-electron chi connectivity index (χ3n) is 6.51. The molecule has 158 valence electrons. The molecule has 31 heavy (non-hydrogen) atoms. The molecule has 3 aliphatic heterocycles. The van der Waals surface area contributed by atoms with Crippen molar-refractivity contribution in [3.8, 4) is 11.5 Å². The number of rotatable bonds is 4. The summed E-state index contributed by atoms with van der Waals surface area (Å²) in [6.45, 7) is 1.48. The Kier molecular flexibility index (Phi) is 4.36. The van der Waals surface area contributed by atoms with E-state index in [0.717, 1.165) is 11.1 Å². The highest BCUT2D eigenvalue weighted by Crippen LogP contribution is 2.54. The van der Waals surface area contributed by atoms with Crippen LogP contribution in [0.15, 0.2) is 48.7 Å². The molecule has 2 aromatic carbocycles. The maximum Gasteiger partial charge on any atom is 0.240 e. The highest BCUT2D eigenvalue weighted by molar-refractivity contribution is 6.24. The maximum absolute atomic E-state index is 13.7. The first-order chi connectivity index (χ1) is 15.0. The second-order valence-electron chi connectivity index (χ2n) is 7.99. The number of ketones is 1. The summed E-state index contributed by atoms with van der Waals surface area (Å²) in [6, 6.07) is 11.7. The fourth-order valence-corrected chi connectivity index (χ4v) is 5.23. The van der Waals surface area contributed by atoms with Gasteiger partial charge in [0.1, 0.15) is 11.5 Å². The van der Waals surface area contributed by atoms with E-state index in [1.807, 2.05) is 41.4 Å². The molecule has 0 aliphatic carbocycles. The minimum atomic E-state index is -0.752. The molecule has 0 unspecified atom stereocenters. The van der Waals surface area contributed by atoms with Gasteiger partial charge in [0.2, 0.25) is 11.8 Å². The van der Waals surface area contributed by atoms with Gasteiger partial charge in [-0.15, -0.1) is 0 Å². The van der Waals surface area contributed by atoms with Gasteiger partial charge in [-0.2, -0.15) is 0 Å². The van der Waals surface area contributed by atoms with Crippen LogP contribution >= 0.6 is 0 Å². The van der Waals surface area contributed by atoms with E-state index in [4.69, 9.17) is 9.47 Å². The molecule has 2 amide bonds. The molecule has 5 rings (SSSR count). The van der Waals surface area contributed by atoms with Crippen LogP contribution in [0.4, 0.5) is 5.69 Å². The fourth-order valence-electron chi connectivity index (χ4n) is 5.23. The Hall–Kier alpha value is -3.61. The van der Waals surface area contributed by atoms with Gasteiger partial charge in [-0.3, -0.25) is 14.4 Å². The molecule has 3 heterocycles. The van der Waals surface area contributed by atoms with Gasteiger partial charge < -0.3 is 14.4 Å². The minimum absolute atomic E-state index is 0.133. The minimum Gasteiger partial charge on any atom is -0.497 e. The number of benzene rings is 2. The van der Waals surface area contributed by atoms with Crippen molar-refractivity contribution in [1.82, 2.24) is 4.90 Å². The lowest BCUT2D eigenvalue weighted by atomic mass is 9.84. The maximum atomic E-state index is 13.7. The number of nitrogens with zero attached hydrogens (tertiary/aromatic N) is 2. The van der Waals surface area contributed by atoms with E-state index >= 15 is 0 Å². The number of methoxy groups -OCH3 is 2. The van der Waals surface area contributed by atoms with Gasteiger partial charge in [0, 0.05) is 12.3 Å². The zero-order chi connectivity index (χ0) is 21.9. The Bertz CT molecular complexity index is 1140. The summed E-state index contributed by atoms with van der Waals surface area (Å²) >= 11 is 0. The second kappa shape index (κ2) is 6.97. The van der Waals surface area contributed by atoms with Gasteiger partial charge in [-0.05, 0) is 36.3 Å². The molecule has 4 atom stereocenters. The number of imide groups is 1. The molecule has 2 saturated heterocycles. The summed E-state index contributed by atoms with van der Waals surface area (Å²) in [5.74, 6) is -1.32. The van der Waals surface area contributed by atoms with Crippen LogP contribution in [-0.2, 0) is 14.4 Å². The Labute approximate surface area is 179 Å². The van der Waals surface area contributed by atoms with Crippen LogP contribution in [0.25, 0.3) is 6.08 Å². The zero-order valence-corrected chi connectivity index (χ0v) is 17.4. The predicted molar refractivity (Wildman–Crippen MR) is 114 cm³/mol. The summed E-state index contributed by atoms with van der Waals surface area (Å²) in [5, 5.41) is 0. The van der Waals surface area contributed by atoms with Crippen LogP contribution < -0.4 is 14.4 Å². The SMILES string of the molecule is COc1ccc(N2C(=O)[C@@H]3[C@H](C2=O)[C@@H]2c4ccccc4C=CN2[C@@H]3C(C)=O)c(OC)c1. The Morgan fingerprint density at radius 1 is 0.968 bits per heavy atom. The summed E-state index contributed by atoms with van der Waals surface area (Å²) < 4.78 is 10.7. The quantitative estimate of drug-likeness (QED) is 0.711. The number of anilines is 1. The topological polar surface area (TPSA) is 76.2 Å². The van der Waals surface area contributed by atoms with E-state index in [9.17, 15) is 14.4 Å². The van der Waals surface area contributed by atoms with Crippen LogP contribution in [0.5, 0.6) is 11.5 Å². The molecule has 0 aromatic heterocycles. The molecule has 3 aliphatic rings. The van der Waals surface area contributed by atoms with Gasteiger partial charge in [-0.25, -0.2) is 4.90 Å². The normalized spacial score (nSPS) is 25.9. The monoisotopic (exact) mass is 418 g/mol. The first kappa shape index (κ1) is 19.4. The van der Waals surface area contributed by atoms with Crippen molar-refractivity contribution in [2.45, 2.75) is 19.0 Å². The molecule has 0 saturated carbocycles. The van der Waals surface area contributed by atoms with Crippen LogP contribution in [0.1, 0.15) is 24.1 Å². The average molecular weight is 418 g/mol. The molecule has 7 heteroatoms. The predicted octanol–water partition coefficient (Wildman–Crippen LogP) is 2.81. The third kappa shape index (κ3) is 2.62. The van der Waals surface area contributed by atoms with E-state index in [-0.39, 0.29) is 23.6 Å². The summed E-state index contributed by atoms with van der Waals surface area (Å²) in [4.78, 5) is 43.0. The van der Waals surface area contributed by atoms with E-state index in [1.54, 1.807) is 18.2 Å². The molecule has 2 fully saturated rings. The Morgan fingerprint density at radius 2 is 1.71 bits per heavy atom. The number of hydrogen-bond donors (Lipinski definition) is 0. The van der Waals surface area contributed by atoms with Crippen LogP contribution in [-0.4, -0.2) is 42.8 Å². The molecule has 2 aromatic rings. The van der Waals surface area contributed by atoms with Gasteiger partial charge in [-0.1, -0.05) is 24.3 Å². The van der Waals surface area contributed by atoms with E-state index < -0.39 is 17.9 Å². The number of carbonyl (C=O) groups is 3. The number of amides is 2. The number of hydrogen-bond acceptors (Lipinski definition) is 6. The lowest BCUT2D eigenvalue weighted by molar-refractivity contribution is -0.129. The van der Waals surface area contributed by atoms with Gasteiger partial charge in [0.05, 0.1) is 43.8 Å². The van der Waals surface area contributed by atoms with Crippen molar-refractivity contribution in [3.05, 3.63) is 59.8 Å². The lowest BCUT2D eigenvalue weighted by Gasteiger charge is -2.35. The lowest BCUT2D eigenvalue weighted by Crippen LogP contribution is -2.43. The van der Waals surface area contributed by atoms with E-state index in [1.165, 1.54) is 26.0 Å². The first-order valence-corrected chi connectivity index (χ1v) is 10.1. The fraction of sp³-hybridized carbons (Fsp3) is 0.292. The van der Waals surface area contributed by atoms with Crippen molar-refractivity contribution in [2.75, 3.05) is 19.1 Å². The summed E-state index contributed by atoms with van der Waals surface area (Å²) in [7, 11) is 3.01. The molecule has 7 nitrogen and oxygen atoms in total. The second-order valence-corrected chi connectivity index (χ2v) is 7.99. The molecular formula is C24H22N2O5. The standard InChI is InChI=1S/C24H22N2O5/c1-13(27)21-19-20(22-16-7-5-4-6-14(16)10-11-25(21)22)24(29)26(23(19)28)17-9-8-15(30-2)12-18(17)31-3/h4-12,19-22H,1-3H3/t19-,20+,21-,22+/m1/s1. The molecule has 0 bridgehead atoms. The molecule has 0 N–H and O–H groups in total. The zero-order valence-electron chi connectivity index (χ0n) is 17.4. The van der Waals surface area contributed by atoms with E-state index in [2.05, 4.69) is 0 Å². The first-order valence-electron chi connectivity index (χ1n) is 10.1. The molecular weight excluding hydrogens is 396 g/mol. The highest BCUT2D eigenvalue weighted by Gasteiger charge is 2.64. The van der Waals surface area contributed by atoms with Crippen molar-refractivity contribution >= 4 is 29.4 Å². The van der Waals surface area contributed by atoms with Crippen molar-refractivity contribution in [2.24, 2.45) is 11.8 Å². The Balaban J connectivity index is 1.64. The van der Waals surface area contributed by atoms with Crippen molar-refractivity contribution < 1.29 is 23.9 Å². The number of carbonyl (C=O) groups excluding carboxylic acids is 3.